The highest BCUT2D eigenvalue weighted by atomic mass is 79.9. The summed E-state index contributed by atoms with van der Waals surface area (Å²) in [5.41, 5.74) is 0. The molecule has 1 aromatic rings. The van der Waals surface area contributed by atoms with E-state index < -0.39 is 0 Å². The van der Waals surface area contributed by atoms with Crippen molar-refractivity contribution in [1.82, 2.24) is 9.97 Å². The number of nitrogens with zero attached hydrogens (tertiary/aromatic N) is 3. The molecule has 2 aliphatic rings. The fourth-order valence-corrected chi connectivity index (χ4v) is 3.11. The van der Waals surface area contributed by atoms with E-state index in [0.29, 0.717) is 11.9 Å². The van der Waals surface area contributed by atoms with E-state index >= 15 is 0 Å². The summed E-state index contributed by atoms with van der Waals surface area (Å²) in [5.74, 6) is 2.33. The van der Waals surface area contributed by atoms with Gasteiger partial charge in [-0.2, -0.15) is 0 Å². The van der Waals surface area contributed by atoms with Gasteiger partial charge in [-0.25, -0.2) is 15.0 Å². The molecule has 1 fully saturated rings. The Hall–Kier alpha value is -0.970. The van der Waals surface area contributed by atoms with Crippen LogP contribution in [0, 0.1) is 5.92 Å². The topological polar surface area (TPSA) is 50.2 Å². The Morgan fingerprint density at radius 3 is 2.94 bits per heavy atom. The predicted molar refractivity (Wildman–Crippen MR) is 76.5 cm³/mol. The second-order valence-electron chi connectivity index (χ2n) is 5.13. The third kappa shape index (κ3) is 2.71. The number of rotatable bonds is 2. The summed E-state index contributed by atoms with van der Waals surface area (Å²) in [7, 11) is 0. The molecular formula is C13H17BrN4. The Kier molecular flexibility index (Phi) is 3.59. The second kappa shape index (κ2) is 5.34. The SMILES string of the molecule is Brc1cnc2c(n1)N[C@H](CC1CCCCC1)C=N2. The molecule has 96 valence electrons. The second-order valence-corrected chi connectivity index (χ2v) is 5.95. The Morgan fingerprint density at radius 2 is 2.11 bits per heavy atom. The highest BCUT2D eigenvalue weighted by Crippen LogP contribution is 2.31. The third-order valence-electron chi connectivity index (χ3n) is 3.73. The van der Waals surface area contributed by atoms with E-state index in [1.807, 2.05) is 6.21 Å². The van der Waals surface area contributed by atoms with Gasteiger partial charge in [0.1, 0.15) is 4.60 Å². The average Bonchev–Trinajstić information content (AvgIpc) is 2.39. The first kappa shape index (κ1) is 12.1. The fourth-order valence-electron chi connectivity index (χ4n) is 2.83. The number of hydrogen-bond acceptors (Lipinski definition) is 4. The molecular weight excluding hydrogens is 292 g/mol. The van der Waals surface area contributed by atoms with Gasteiger partial charge in [0.25, 0.3) is 0 Å². The van der Waals surface area contributed by atoms with Crippen LogP contribution in [-0.2, 0) is 0 Å². The summed E-state index contributed by atoms with van der Waals surface area (Å²) in [6.45, 7) is 0. The van der Waals surface area contributed by atoms with Gasteiger partial charge in [0.2, 0.25) is 0 Å². The van der Waals surface area contributed by atoms with E-state index in [1.54, 1.807) is 6.20 Å². The van der Waals surface area contributed by atoms with Gasteiger partial charge >= 0.3 is 0 Å². The molecule has 0 saturated heterocycles. The normalized spacial score (nSPS) is 23.5. The van der Waals surface area contributed by atoms with E-state index in [4.69, 9.17) is 0 Å². The quantitative estimate of drug-likeness (QED) is 0.906. The molecule has 0 bridgehead atoms. The molecule has 1 aromatic heterocycles. The van der Waals surface area contributed by atoms with Crippen LogP contribution in [0.25, 0.3) is 0 Å². The Morgan fingerprint density at radius 1 is 1.28 bits per heavy atom. The summed E-state index contributed by atoms with van der Waals surface area (Å²) >= 11 is 3.34. The monoisotopic (exact) mass is 308 g/mol. The van der Waals surface area contributed by atoms with Gasteiger partial charge in [-0.3, -0.25) is 0 Å². The average molecular weight is 309 g/mol. The number of halogens is 1. The van der Waals surface area contributed by atoms with E-state index in [0.717, 1.165) is 22.8 Å². The van der Waals surface area contributed by atoms with Crippen LogP contribution in [0.4, 0.5) is 11.6 Å². The standard InChI is InChI=1S/C13H17BrN4/c14-11-8-16-12-13(18-11)17-10(7-15-12)6-9-4-2-1-3-5-9/h7-10H,1-6H2,(H,17,18)/t10-/m1/s1. The van der Waals surface area contributed by atoms with Gasteiger partial charge in [-0.1, -0.05) is 32.1 Å². The van der Waals surface area contributed by atoms with Crippen LogP contribution in [-0.4, -0.2) is 22.2 Å². The fraction of sp³-hybridized carbons (Fsp3) is 0.615. The molecule has 5 heteroatoms. The maximum atomic E-state index is 4.40. The van der Waals surface area contributed by atoms with Gasteiger partial charge in [0.05, 0.1) is 12.2 Å². The molecule has 2 heterocycles. The van der Waals surface area contributed by atoms with Crippen molar-refractivity contribution in [2.45, 2.75) is 44.6 Å². The molecule has 0 amide bonds. The van der Waals surface area contributed by atoms with E-state index in [9.17, 15) is 0 Å². The van der Waals surface area contributed by atoms with Gasteiger partial charge in [-0.05, 0) is 28.3 Å². The molecule has 1 aliphatic heterocycles. The molecule has 0 aromatic carbocycles. The number of fused-ring (bicyclic) bond motifs is 1. The van der Waals surface area contributed by atoms with E-state index in [1.165, 1.54) is 32.1 Å². The number of aromatic nitrogens is 2. The lowest BCUT2D eigenvalue weighted by Gasteiger charge is -2.27. The van der Waals surface area contributed by atoms with Crippen molar-refractivity contribution >= 4 is 33.8 Å². The number of hydrogen-bond donors (Lipinski definition) is 1. The Bertz CT molecular complexity index is 454. The number of anilines is 1. The van der Waals surface area contributed by atoms with Crippen molar-refractivity contribution in [2.24, 2.45) is 10.9 Å². The smallest absolute Gasteiger partial charge is 0.195 e. The Balaban J connectivity index is 1.67. The molecule has 1 saturated carbocycles. The van der Waals surface area contributed by atoms with Crippen molar-refractivity contribution in [1.29, 1.82) is 0 Å². The largest absolute Gasteiger partial charge is 0.359 e. The number of nitrogens with one attached hydrogen (secondary N) is 1. The summed E-state index contributed by atoms with van der Waals surface area (Å²) in [6, 6.07) is 0.309. The molecule has 0 unspecified atom stereocenters. The lowest BCUT2D eigenvalue weighted by molar-refractivity contribution is 0.337. The first-order valence-electron chi connectivity index (χ1n) is 6.64. The maximum absolute atomic E-state index is 4.40. The molecule has 1 atom stereocenters. The lowest BCUT2D eigenvalue weighted by atomic mass is 9.85. The van der Waals surface area contributed by atoms with Crippen molar-refractivity contribution in [2.75, 3.05) is 5.32 Å². The minimum absolute atomic E-state index is 0.309. The zero-order chi connectivity index (χ0) is 12.4. The molecule has 0 spiro atoms. The van der Waals surface area contributed by atoms with Crippen LogP contribution < -0.4 is 5.32 Å². The zero-order valence-electron chi connectivity index (χ0n) is 10.3. The van der Waals surface area contributed by atoms with Crippen LogP contribution >= 0.6 is 15.9 Å². The van der Waals surface area contributed by atoms with Crippen molar-refractivity contribution in [3.05, 3.63) is 10.8 Å². The van der Waals surface area contributed by atoms with E-state index in [2.05, 4.69) is 36.2 Å². The highest BCUT2D eigenvalue weighted by Gasteiger charge is 2.21. The molecule has 1 aliphatic carbocycles. The molecule has 18 heavy (non-hydrogen) atoms. The minimum atomic E-state index is 0.309. The summed E-state index contributed by atoms with van der Waals surface area (Å²) < 4.78 is 0.752. The molecule has 4 nitrogen and oxygen atoms in total. The Labute approximate surface area is 115 Å². The van der Waals surface area contributed by atoms with Crippen LogP contribution in [0.3, 0.4) is 0 Å². The summed E-state index contributed by atoms with van der Waals surface area (Å²) in [5, 5.41) is 3.43. The van der Waals surface area contributed by atoms with Gasteiger partial charge in [-0.15, -0.1) is 0 Å². The summed E-state index contributed by atoms with van der Waals surface area (Å²) in [4.78, 5) is 13.0. The van der Waals surface area contributed by atoms with Crippen LogP contribution in [0.5, 0.6) is 0 Å². The first-order valence-corrected chi connectivity index (χ1v) is 7.44. The predicted octanol–water partition coefficient (Wildman–Crippen LogP) is 3.71. The van der Waals surface area contributed by atoms with Crippen molar-refractivity contribution in [3.8, 4) is 0 Å². The van der Waals surface area contributed by atoms with Crippen molar-refractivity contribution < 1.29 is 0 Å². The summed E-state index contributed by atoms with van der Waals surface area (Å²) in [6.07, 6.45) is 11.7. The van der Waals surface area contributed by atoms with Crippen LogP contribution in [0.1, 0.15) is 38.5 Å². The highest BCUT2D eigenvalue weighted by molar-refractivity contribution is 9.10. The van der Waals surface area contributed by atoms with Gasteiger partial charge in [0.15, 0.2) is 11.6 Å². The molecule has 0 radical (unpaired) electrons. The van der Waals surface area contributed by atoms with Crippen LogP contribution in [0.15, 0.2) is 15.8 Å². The maximum Gasteiger partial charge on any atom is 0.195 e. The van der Waals surface area contributed by atoms with Crippen molar-refractivity contribution in [3.63, 3.8) is 0 Å². The third-order valence-corrected chi connectivity index (χ3v) is 4.12. The molecule has 3 rings (SSSR count). The first-order chi connectivity index (χ1) is 8.81. The zero-order valence-corrected chi connectivity index (χ0v) is 11.9. The molecule has 1 N–H and O–H groups in total. The van der Waals surface area contributed by atoms with Gasteiger partial charge < -0.3 is 5.32 Å². The van der Waals surface area contributed by atoms with Gasteiger partial charge in [0, 0.05) is 6.21 Å². The number of aliphatic imine (C=N–C) groups is 1. The van der Waals surface area contributed by atoms with E-state index in [-0.39, 0.29) is 0 Å². The van der Waals surface area contributed by atoms with Crippen LogP contribution in [0.2, 0.25) is 0 Å². The lowest BCUT2D eigenvalue weighted by Crippen LogP contribution is -2.28. The minimum Gasteiger partial charge on any atom is -0.359 e.